The summed E-state index contributed by atoms with van der Waals surface area (Å²) in [6, 6.07) is 20.2. The van der Waals surface area contributed by atoms with Gasteiger partial charge in [0, 0.05) is 17.1 Å². The lowest BCUT2D eigenvalue weighted by atomic mass is 10.1. The quantitative estimate of drug-likeness (QED) is 0.267. The molecule has 1 N–H and O–H groups in total. The van der Waals surface area contributed by atoms with Crippen LogP contribution in [-0.4, -0.2) is 43.8 Å². The van der Waals surface area contributed by atoms with Gasteiger partial charge >= 0.3 is 0 Å². The second-order valence-corrected chi connectivity index (χ2v) is 12.8. The number of sulfonamides is 1. The molecule has 0 aliphatic rings. The first-order chi connectivity index (χ1) is 19.0. The Kier molecular flexibility index (Phi) is 10.9. The standard InChI is InChI=1S/C31H38BrN3O4S/c1-6-24(5)33-31(37)29(7-2)34(20-25-10-8-9-23(4)19-25)30(36)21-35(27-15-13-26(32)14-16-27)40(38,39)28-17-11-22(3)12-18-28/h8-19,24,29H,6-7,20-21H2,1-5H3,(H,33,37)/t24-,29-/m0/s1. The average molecular weight is 629 g/mol. The van der Waals surface area contributed by atoms with Crippen molar-refractivity contribution in [2.45, 2.75) is 71.0 Å². The van der Waals surface area contributed by atoms with Crippen molar-refractivity contribution in [3.05, 3.63) is 94.0 Å². The van der Waals surface area contributed by atoms with Crippen molar-refractivity contribution in [2.24, 2.45) is 0 Å². The maximum absolute atomic E-state index is 14.1. The number of carbonyl (C=O) groups is 2. The molecule has 0 saturated heterocycles. The van der Waals surface area contributed by atoms with Crippen LogP contribution in [0.5, 0.6) is 0 Å². The summed E-state index contributed by atoms with van der Waals surface area (Å²) in [7, 11) is -4.10. The summed E-state index contributed by atoms with van der Waals surface area (Å²) in [4.78, 5) is 29.0. The Morgan fingerprint density at radius 2 is 1.55 bits per heavy atom. The third kappa shape index (κ3) is 7.95. The lowest BCUT2D eigenvalue weighted by Gasteiger charge is -2.33. The van der Waals surface area contributed by atoms with Crippen LogP contribution in [0, 0.1) is 13.8 Å². The SMILES string of the molecule is CC[C@H](C)NC(=O)[C@H](CC)N(Cc1cccc(C)c1)C(=O)CN(c1ccc(Br)cc1)S(=O)(=O)c1ccc(C)cc1. The zero-order valence-electron chi connectivity index (χ0n) is 23.7. The van der Waals surface area contributed by atoms with E-state index in [4.69, 9.17) is 0 Å². The Morgan fingerprint density at radius 1 is 0.900 bits per heavy atom. The predicted molar refractivity (Wildman–Crippen MR) is 164 cm³/mol. The fourth-order valence-corrected chi connectivity index (χ4v) is 6.02. The maximum atomic E-state index is 14.1. The molecule has 3 aromatic carbocycles. The van der Waals surface area contributed by atoms with Gasteiger partial charge in [-0.3, -0.25) is 13.9 Å². The van der Waals surface area contributed by atoms with Crippen molar-refractivity contribution < 1.29 is 18.0 Å². The van der Waals surface area contributed by atoms with E-state index in [1.54, 1.807) is 48.5 Å². The number of halogens is 1. The van der Waals surface area contributed by atoms with Gasteiger partial charge in [0.1, 0.15) is 12.6 Å². The number of nitrogens with one attached hydrogen (secondary N) is 1. The molecule has 3 rings (SSSR count). The molecule has 0 aliphatic carbocycles. The van der Waals surface area contributed by atoms with Crippen molar-refractivity contribution in [2.75, 3.05) is 10.8 Å². The molecule has 0 bridgehead atoms. The van der Waals surface area contributed by atoms with E-state index in [0.717, 1.165) is 31.9 Å². The number of carbonyl (C=O) groups excluding carboxylic acids is 2. The molecular formula is C31H38BrN3O4S. The Bertz CT molecular complexity index is 1410. The van der Waals surface area contributed by atoms with Crippen molar-refractivity contribution in [1.82, 2.24) is 10.2 Å². The normalized spacial score (nSPS) is 12.8. The number of benzene rings is 3. The summed E-state index contributed by atoms with van der Waals surface area (Å²) in [5, 5.41) is 3.00. The summed E-state index contributed by atoms with van der Waals surface area (Å²) in [5.41, 5.74) is 3.16. The van der Waals surface area contributed by atoms with Gasteiger partial charge in [-0.1, -0.05) is 77.3 Å². The number of nitrogens with zero attached hydrogens (tertiary/aromatic N) is 2. The van der Waals surface area contributed by atoms with Gasteiger partial charge in [-0.15, -0.1) is 0 Å². The van der Waals surface area contributed by atoms with Crippen molar-refractivity contribution >= 4 is 43.5 Å². The zero-order chi connectivity index (χ0) is 29.4. The highest BCUT2D eigenvalue weighted by molar-refractivity contribution is 9.10. The van der Waals surface area contributed by atoms with Crippen LogP contribution in [0.15, 0.2) is 82.2 Å². The average Bonchev–Trinajstić information content (AvgIpc) is 2.92. The molecule has 0 heterocycles. The van der Waals surface area contributed by atoms with E-state index >= 15 is 0 Å². The fourth-order valence-electron chi connectivity index (χ4n) is 4.34. The number of amides is 2. The van der Waals surface area contributed by atoms with Gasteiger partial charge in [-0.2, -0.15) is 0 Å². The van der Waals surface area contributed by atoms with E-state index in [1.807, 2.05) is 58.9 Å². The third-order valence-corrected chi connectivity index (χ3v) is 9.14. The van der Waals surface area contributed by atoms with Crippen molar-refractivity contribution in [3.8, 4) is 0 Å². The van der Waals surface area contributed by atoms with Gasteiger partial charge < -0.3 is 10.2 Å². The summed E-state index contributed by atoms with van der Waals surface area (Å²) in [6.07, 6.45) is 1.13. The van der Waals surface area contributed by atoms with E-state index in [-0.39, 0.29) is 23.4 Å². The zero-order valence-corrected chi connectivity index (χ0v) is 26.1. The Balaban J connectivity index is 2.05. The van der Waals surface area contributed by atoms with Crippen LogP contribution in [0.1, 0.15) is 50.3 Å². The van der Waals surface area contributed by atoms with Crippen LogP contribution in [-0.2, 0) is 26.2 Å². The number of hydrogen-bond acceptors (Lipinski definition) is 4. The van der Waals surface area contributed by atoms with Crippen molar-refractivity contribution in [1.29, 1.82) is 0 Å². The molecule has 40 heavy (non-hydrogen) atoms. The van der Waals surface area contributed by atoms with E-state index < -0.39 is 28.5 Å². The molecule has 2 atom stereocenters. The first-order valence-corrected chi connectivity index (χ1v) is 15.7. The highest BCUT2D eigenvalue weighted by Crippen LogP contribution is 2.26. The van der Waals surface area contributed by atoms with Crippen LogP contribution in [0.2, 0.25) is 0 Å². The highest BCUT2D eigenvalue weighted by atomic mass is 79.9. The van der Waals surface area contributed by atoms with Crippen LogP contribution >= 0.6 is 15.9 Å². The van der Waals surface area contributed by atoms with Crippen LogP contribution in [0.4, 0.5) is 5.69 Å². The minimum Gasteiger partial charge on any atom is -0.352 e. The molecule has 0 spiro atoms. The minimum absolute atomic E-state index is 0.0568. The van der Waals surface area contributed by atoms with Gasteiger partial charge in [-0.05, 0) is 75.6 Å². The summed E-state index contributed by atoms with van der Waals surface area (Å²) >= 11 is 3.40. The molecule has 0 saturated carbocycles. The second-order valence-electron chi connectivity index (χ2n) is 10.1. The topological polar surface area (TPSA) is 86.8 Å². The van der Waals surface area contributed by atoms with Crippen LogP contribution < -0.4 is 9.62 Å². The molecule has 214 valence electrons. The van der Waals surface area contributed by atoms with Gasteiger partial charge in [0.15, 0.2) is 0 Å². The van der Waals surface area contributed by atoms with Gasteiger partial charge in [0.2, 0.25) is 11.8 Å². The van der Waals surface area contributed by atoms with Gasteiger partial charge in [0.05, 0.1) is 10.6 Å². The van der Waals surface area contributed by atoms with Crippen LogP contribution in [0.25, 0.3) is 0 Å². The molecule has 9 heteroatoms. The minimum atomic E-state index is -4.10. The first kappa shape index (κ1) is 31.4. The Labute approximate surface area is 246 Å². The molecule has 0 fully saturated rings. The highest BCUT2D eigenvalue weighted by Gasteiger charge is 2.34. The molecule has 3 aromatic rings. The van der Waals surface area contributed by atoms with E-state index in [0.29, 0.717) is 12.1 Å². The molecular weight excluding hydrogens is 590 g/mol. The third-order valence-electron chi connectivity index (χ3n) is 6.82. The Hall–Kier alpha value is -3.17. The van der Waals surface area contributed by atoms with Crippen LogP contribution in [0.3, 0.4) is 0 Å². The summed E-state index contributed by atoms with van der Waals surface area (Å²) in [5.74, 6) is -0.722. The number of aryl methyl sites for hydroxylation is 2. The van der Waals surface area contributed by atoms with Gasteiger partial charge in [0.25, 0.3) is 10.0 Å². The first-order valence-electron chi connectivity index (χ1n) is 13.5. The van der Waals surface area contributed by atoms with E-state index in [1.165, 1.54) is 4.90 Å². The fraction of sp³-hybridized carbons (Fsp3) is 0.355. The maximum Gasteiger partial charge on any atom is 0.264 e. The molecule has 0 unspecified atom stereocenters. The second kappa shape index (κ2) is 13.9. The molecule has 0 radical (unpaired) electrons. The monoisotopic (exact) mass is 627 g/mol. The van der Waals surface area contributed by atoms with Gasteiger partial charge in [-0.25, -0.2) is 8.42 Å². The summed E-state index contributed by atoms with van der Waals surface area (Å²) in [6.45, 7) is 9.31. The van der Waals surface area contributed by atoms with E-state index in [2.05, 4.69) is 21.2 Å². The molecule has 7 nitrogen and oxygen atoms in total. The number of hydrogen-bond donors (Lipinski definition) is 1. The predicted octanol–water partition coefficient (Wildman–Crippen LogP) is 5.98. The lowest BCUT2D eigenvalue weighted by molar-refractivity contribution is -0.140. The largest absolute Gasteiger partial charge is 0.352 e. The lowest BCUT2D eigenvalue weighted by Crippen LogP contribution is -2.53. The molecule has 2 amide bonds. The molecule has 0 aliphatic heterocycles. The van der Waals surface area contributed by atoms with Crippen molar-refractivity contribution in [3.63, 3.8) is 0 Å². The summed E-state index contributed by atoms with van der Waals surface area (Å²) < 4.78 is 29.7. The molecule has 0 aromatic heterocycles. The Morgan fingerprint density at radius 3 is 2.12 bits per heavy atom. The van der Waals surface area contributed by atoms with E-state index in [9.17, 15) is 18.0 Å². The number of anilines is 1. The number of rotatable bonds is 12. The smallest absolute Gasteiger partial charge is 0.264 e.